The Bertz CT molecular complexity index is 792. The predicted molar refractivity (Wildman–Crippen MR) is 93.2 cm³/mol. The fraction of sp³-hybridized carbons (Fsp3) is 0.350. The molecule has 0 fully saturated rings. The first-order chi connectivity index (χ1) is 12.2. The highest BCUT2D eigenvalue weighted by Crippen LogP contribution is 2.34. The van der Waals surface area contributed by atoms with E-state index in [0.717, 1.165) is 29.0 Å². The number of para-hydroxylation sites is 1. The van der Waals surface area contributed by atoms with Gasteiger partial charge in [0, 0.05) is 19.5 Å². The molecule has 5 nitrogen and oxygen atoms in total. The predicted octanol–water partition coefficient (Wildman–Crippen LogP) is 2.59. The van der Waals surface area contributed by atoms with Gasteiger partial charge in [-0.25, -0.2) is 0 Å². The Hall–Kier alpha value is -2.69. The summed E-state index contributed by atoms with van der Waals surface area (Å²) in [6.07, 6.45) is 1.03. The third-order valence-electron chi connectivity index (χ3n) is 4.95. The van der Waals surface area contributed by atoms with Crippen LogP contribution >= 0.6 is 0 Å². The zero-order valence-electron chi connectivity index (χ0n) is 14.5. The molecule has 2 aliphatic rings. The topological polar surface area (TPSA) is 48.0 Å². The highest BCUT2D eigenvalue weighted by atomic mass is 16.5. The molecule has 0 aliphatic carbocycles. The molecule has 2 aromatic rings. The van der Waals surface area contributed by atoms with Gasteiger partial charge in [0.1, 0.15) is 5.75 Å². The van der Waals surface area contributed by atoms with Crippen LogP contribution in [0.5, 0.6) is 17.2 Å². The Balaban J connectivity index is 1.52. The first-order valence-electron chi connectivity index (χ1n) is 8.46. The highest BCUT2D eigenvalue weighted by molar-refractivity contribution is 5.83. The van der Waals surface area contributed by atoms with Gasteiger partial charge in [-0.15, -0.1) is 0 Å². The molecule has 2 aliphatic heterocycles. The summed E-state index contributed by atoms with van der Waals surface area (Å²) in [4.78, 5) is 14.8. The fourth-order valence-corrected chi connectivity index (χ4v) is 3.59. The molecule has 2 heterocycles. The first kappa shape index (κ1) is 15.8. The van der Waals surface area contributed by atoms with Crippen molar-refractivity contribution in [2.75, 3.05) is 20.8 Å². The van der Waals surface area contributed by atoms with Crippen molar-refractivity contribution in [3.05, 3.63) is 53.1 Å². The van der Waals surface area contributed by atoms with E-state index in [1.165, 1.54) is 5.56 Å². The normalized spacial score (nSPS) is 18.2. The van der Waals surface area contributed by atoms with Crippen LogP contribution < -0.4 is 14.2 Å². The van der Waals surface area contributed by atoms with Crippen molar-refractivity contribution in [3.8, 4) is 17.2 Å². The Labute approximate surface area is 147 Å². The van der Waals surface area contributed by atoms with Gasteiger partial charge in [0.05, 0.1) is 14.2 Å². The Kier molecular flexibility index (Phi) is 3.99. The molecule has 0 saturated carbocycles. The average Bonchev–Trinajstić information content (AvgIpc) is 3.10. The van der Waals surface area contributed by atoms with Crippen molar-refractivity contribution in [2.45, 2.75) is 25.5 Å². The van der Waals surface area contributed by atoms with E-state index < -0.39 is 6.10 Å². The van der Waals surface area contributed by atoms with Crippen LogP contribution in [0, 0.1) is 0 Å². The summed E-state index contributed by atoms with van der Waals surface area (Å²) in [6.45, 7) is 1.27. The number of amides is 1. The number of carbonyl (C=O) groups excluding carboxylic acids is 1. The molecule has 2 aromatic carbocycles. The standard InChI is InChI=1S/C20H21NO4/c1-23-17-9-13-7-8-21(12-15(13)11-18(17)24-2)20(22)19-10-14-5-3-4-6-16(14)25-19/h3-6,9,11,19H,7-8,10,12H2,1-2H3. The smallest absolute Gasteiger partial charge is 0.264 e. The molecule has 0 spiro atoms. The van der Waals surface area contributed by atoms with Crippen LogP contribution in [-0.2, 0) is 24.2 Å². The maximum absolute atomic E-state index is 12.9. The lowest BCUT2D eigenvalue weighted by Gasteiger charge is -2.31. The number of methoxy groups -OCH3 is 2. The van der Waals surface area contributed by atoms with E-state index in [1.807, 2.05) is 41.3 Å². The minimum absolute atomic E-state index is 0.0524. The largest absolute Gasteiger partial charge is 0.493 e. The van der Waals surface area contributed by atoms with Crippen molar-refractivity contribution in [2.24, 2.45) is 0 Å². The summed E-state index contributed by atoms with van der Waals surface area (Å²) >= 11 is 0. The molecule has 1 unspecified atom stereocenters. The Morgan fingerprint density at radius 2 is 1.80 bits per heavy atom. The Morgan fingerprint density at radius 3 is 2.52 bits per heavy atom. The van der Waals surface area contributed by atoms with Gasteiger partial charge < -0.3 is 19.1 Å². The van der Waals surface area contributed by atoms with Crippen molar-refractivity contribution < 1.29 is 19.0 Å². The number of carbonyl (C=O) groups is 1. The van der Waals surface area contributed by atoms with E-state index in [4.69, 9.17) is 14.2 Å². The molecule has 0 aromatic heterocycles. The number of benzene rings is 2. The van der Waals surface area contributed by atoms with Crippen molar-refractivity contribution in [3.63, 3.8) is 0 Å². The summed E-state index contributed by atoms with van der Waals surface area (Å²) in [5, 5.41) is 0. The number of ether oxygens (including phenoxy) is 3. The van der Waals surface area contributed by atoms with E-state index in [9.17, 15) is 4.79 Å². The van der Waals surface area contributed by atoms with Crippen LogP contribution in [0.25, 0.3) is 0 Å². The minimum Gasteiger partial charge on any atom is -0.493 e. The van der Waals surface area contributed by atoms with E-state index >= 15 is 0 Å². The van der Waals surface area contributed by atoms with E-state index in [1.54, 1.807) is 14.2 Å². The quantitative estimate of drug-likeness (QED) is 0.862. The van der Waals surface area contributed by atoms with Crippen molar-refractivity contribution >= 4 is 5.91 Å². The molecule has 1 atom stereocenters. The number of hydrogen-bond donors (Lipinski definition) is 0. The van der Waals surface area contributed by atoms with E-state index in [-0.39, 0.29) is 5.91 Å². The first-order valence-corrected chi connectivity index (χ1v) is 8.46. The molecule has 0 N–H and O–H groups in total. The monoisotopic (exact) mass is 339 g/mol. The second-order valence-corrected chi connectivity index (χ2v) is 6.40. The molecule has 130 valence electrons. The SMILES string of the molecule is COc1cc2c(cc1OC)CN(C(=O)C1Cc3ccccc3O1)CC2. The van der Waals surface area contributed by atoms with Gasteiger partial charge in [-0.05, 0) is 41.3 Å². The lowest BCUT2D eigenvalue weighted by Crippen LogP contribution is -2.43. The van der Waals surface area contributed by atoms with Crippen molar-refractivity contribution in [1.29, 1.82) is 0 Å². The van der Waals surface area contributed by atoms with E-state index in [2.05, 4.69) is 0 Å². The molecule has 4 rings (SSSR count). The summed E-state index contributed by atoms with van der Waals surface area (Å²) < 4.78 is 16.6. The number of fused-ring (bicyclic) bond motifs is 2. The average molecular weight is 339 g/mol. The maximum atomic E-state index is 12.9. The zero-order chi connectivity index (χ0) is 17.4. The molecule has 0 bridgehead atoms. The lowest BCUT2D eigenvalue weighted by molar-refractivity contribution is -0.138. The molecule has 5 heteroatoms. The summed E-state index contributed by atoms with van der Waals surface area (Å²) in [6, 6.07) is 11.8. The summed E-state index contributed by atoms with van der Waals surface area (Å²) in [7, 11) is 3.26. The molecule has 25 heavy (non-hydrogen) atoms. The van der Waals surface area contributed by atoms with Gasteiger partial charge in [0.25, 0.3) is 5.91 Å². The van der Waals surface area contributed by atoms with Gasteiger partial charge in [-0.3, -0.25) is 4.79 Å². The van der Waals surface area contributed by atoms with Gasteiger partial charge in [-0.1, -0.05) is 18.2 Å². The molecule has 0 saturated heterocycles. The van der Waals surface area contributed by atoms with Crippen LogP contribution in [0.15, 0.2) is 36.4 Å². The van der Waals surface area contributed by atoms with Gasteiger partial charge >= 0.3 is 0 Å². The van der Waals surface area contributed by atoms with Crippen molar-refractivity contribution in [1.82, 2.24) is 4.90 Å². The summed E-state index contributed by atoms with van der Waals surface area (Å²) in [5.74, 6) is 2.30. The molecule has 0 radical (unpaired) electrons. The molecule has 1 amide bonds. The van der Waals surface area contributed by atoms with Crippen LogP contribution in [0.4, 0.5) is 0 Å². The third kappa shape index (κ3) is 2.80. The van der Waals surface area contributed by atoms with Gasteiger partial charge in [-0.2, -0.15) is 0 Å². The van der Waals surface area contributed by atoms with Crippen LogP contribution in [0.2, 0.25) is 0 Å². The number of hydrogen-bond acceptors (Lipinski definition) is 4. The van der Waals surface area contributed by atoms with Crippen LogP contribution in [-0.4, -0.2) is 37.7 Å². The third-order valence-corrected chi connectivity index (χ3v) is 4.95. The molecular weight excluding hydrogens is 318 g/mol. The van der Waals surface area contributed by atoms with E-state index in [0.29, 0.717) is 25.3 Å². The zero-order valence-corrected chi connectivity index (χ0v) is 14.5. The Morgan fingerprint density at radius 1 is 1.08 bits per heavy atom. The van der Waals surface area contributed by atoms with Gasteiger partial charge in [0.15, 0.2) is 17.6 Å². The number of nitrogens with zero attached hydrogens (tertiary/aromatic N) is 1. The van der Waals surface area contributed by atoms with Gasteiger partial charge in [0.2, 0.25) is 0 Å². The van der Waals surface area contributed by atoms with Crippen LogP contribution in [0.1, 0.15) is 16.7 Å². The van der Waals surface area contributed by atoms with Crippen LogP contribution in [0.3, 0.4) is 0 Å². The second-order valence-electron chi connectivity index (χ2n) is 6.40. The maximum Gasteiger partial charge on any atom is 0.264 e. The summed E-state index contributed by atoms with van der Waals surface area (Å²) in [5.41, 5.74) is 3.41. The highest BCUT2D eigenvalue weighted by Gasteiger charge is 2.33. The molecular formula is C20H21NO4. The minimum atomic E-state index is -0.418. The fourth-order valence-electron chi connectivity index (χ4n) is 3.59. The lowest BCUT2D eigenvalue weighted by atomic mass is 9.98. The second kappa shape index (κ2) is 6.31. The number of rotatable bonds is 3.